The molecule has 0 saturated heterocycles. The molecular weight excluding hydrogens is 259 g/mol. The van der Waals surface area contributed by atoms with Gasteiger partial charge in [-0.3, -0.25) is 4.52 Å². The Kier molecular flexibility index (Phi) is 5.07. The number of carboxylic acids is 1. The van der Waals surface area contributed by atoms with Gasteiger partial charge in [-0.25, -0.2) is 9.36 Å². The molecule has 0 saturated carbocycles. The monoisotopic (exact) mass is 272 g/mol. The molecule has 6 nitrogen and oxygen atoms in total. The third-order valence-corrected chi connectivity index (χ3v) is 3.68. The molecule has 0 aliphatic carbocycles. The van der Waals surface area contributed by atoms with Crippen molar-refractivity contribution in [3.8, 4) is 5.75 Å². The van der Waals surface area contributed by atoms with Gasteiger partial charge in [0.2, 0.25) is 0 Å². The number of hydrogen-bond acceptors (Lipinski definition) is 5. The van der Waals surface area contributed by atoms with Crippen molar-refractivity contribution in [2.45, 2.75) is 13.0 Å². The molecule has 18 heavy (non-hydrogen) atoms. The zero-order valence-electron chi connectivity index (χ0n) is 9.68. The fraction of sp³-hybridized carbons (Fsp3) is 0.273. The van der Waals surface area contributed by atoms with Gasteiger partial charge in [-0.1, -0.05) is 18.2 Å². The summed E-state index contributed by atoms with van der Waals surface area (Å²) in [7, 11) is -3.80. The average Bonchev–Trinajstić information content (AvgIpc) is 2.29. The van der Waals surface area contributed by atoms with Crippen LogP contribution in [0.25, 0.3) is 0 Å². The lowest BCUT2D eigenvalue weighted by Crippen LogP contribution is -2.20. The van der Waals surface area contributed by atoms with Crippen LogP contribution in [0.4, 0.5) is 0 Å². The van der Waals surface area contributed by atoms with Crippen LogP contribution in [0, 0.1) is 0 Å². The topological polar surface area (TPSA) is 89.9 Å². The molecule has 98 valence electrons. The van der Waals surface area contributed by atoms with Gasteiger partial charge in [0.1, 0.15) is 18.2 Å². The highest BCUT2D eigenvalue weighted by atomic mass is 31.2. The first kappa shape index (κ1) is 14.4. The summed E-state index contributed by atoms with van der Waals surface area (Å²) in [6.07, 6.45) is -1.45. The number of aliphatic carboxylic acids is 1. The Morgan fingerprint density at radius 2 is 2.06 bits per heavy atom. The normalized spacial score (nSPS) is 15.4. The highest BCUT2D eigenvalue weighted by Gasteiger charge is 2.31. The van der Waals surface area contributed by atoms with Crippen LogP contribution in [0.5, 0.6) is 5.75 Å². The lowest BCUT2D eigenvalue weighted by Gasteiger charge is -2.19. The SMILES string of the molecule is CC(OP(=O)(CC=O)Oc1ccccc1)C(=O)O. The predicted octanol–water partition coefficient (Wildman–Crippen LogP) is 1.95. The number of para-hydroxylation sites is 1. The smallest absolute Gasteiger partial charge is 0.387 e. The van der Waals surface area contributed by atoms with Crippen molar-refractivity contribution >= 4 is 19.9 Å². The second kappa shape index (κ2) is 6.33. The van der Waals surface area contributed by atoms with Gasteiger partial charge in [-0.2, -0.15) is 0 Å². The second-order valence-electron chi connectivity index (χ2n) is 3.45. The van der Waals surface area contributed by atoms with Crippen molar-refractivity contribution in [3.63, 3.8) is 0 Å². The summed E-state index contributed by atoms with van der Waals surface area (Å²) in [4.78, 5) is 21.1. The highest BCUT2D eigenvalue weighted by molar-refractivity contribution is 7.55. The number of carbonyl (C=O) groups excluding carboxylic acids is 1. The minimum absolute atomic E-state index is 0.250. The minimum Gasteiger partial charge on any atom is -0.479 e. The fourth-order valence-corrected chi connectivity index (χ4v) is 2.52. The van der Waals surface area contributed by atoms with E-state index in [0.717, 1.165) is 0 Å². The summed E-state index contributed by atoms with van der Waals surface area (Å²) < 4.78 is 22.1. The molecule has 0 bridgehead atoms. The van der Waals surface area contributed by atoms with Crippen LogP contribution in [-0.2, 0) is 18.7 Å². The van der Waals surface area contributed by atoms with E-state index in [1.807, 2.05) is 0 Å². The third-order valence-electron chi connectivity index (χ3n) is 1.95. The van der Waals surface area contributed by atoms with Crippen LogP contribution in [0.3, 0.4) is 0 Å². The van der Waals surface area contributed by atoms with E-state index in [1.54, 1.807) is 18.2 Å². The highest BCUT2D eigenvalue weighted by Crippen LogP contribution is 2.48. The summed E-state index contributed by atoms with van der Waals surface area (Å²) in [5.74, 6) is -1.03. The van der Waals surface area contributed by atoms with Crippen LogP contribution < -0.4 is 4.52 Å². The Balaban J connectivity index is 2.83. The molecule has 0 fully saturated rings. The maximum Gasteiger partial charge on any atom is 0.387 e. The summed E-state index contributed by atoms with van der Waals surface area (Å²) in [5, 5.41) is 8.69. The van der Waals surface area contributed by atoms with Crippen molar-refractivity contribution in [1.29, 1.82) is 0 Å². The van der Waals surface area contributed by atoms with Gasteiger partial charge in [0.15, 0.2) is 6.10 Å². The molecule has 1 aromatic carbocycles. The first-order chi connectivity index (χ1) is 8.47. The van der Waals surface area contributed by atoms with E-state index in [0.29, 0.717) is 6.29 Å². The summed E-state index contributed by atoms with van der Waals surface area (Å²) in [6, 6.07) is 8.11. The molecule has 0 radical (unpaired) electrons. The number of carbonyl (C=O) groups is 2. The van der Waals surface area contributed by atoms with E-state index in [4.69, 9.17) is 14.2 Å². The molecular formula is C11H13O6P. The van der Waals surface area contributed by atoms with Gasteiger partial charge in [-0.15, -0.1) is 0 Å². The van der Waals surface area contributed by atoms with E-state index in [-0.39, 0.29) is 5.75 Å². The molecule has 0 aliphatic rings. The van der Waals surface area contributed by atoms with Crippen molar-refractivity contribution in [2.24, 2.45) is 0 Å². The number of aldehydes is 1. The molecule has 2 atom stereocenters. The molecule has 0 spiro atoms. The minimum atomic E-state index is -3.80. The summed E-state index contributed by atoms with van der Waals surface area (Å²) in [6.45, 7) is 1.22. The summed E-state index contributed by atoms with van der Waals surface area (Å²) >= 11 is 0. The number of benzene rings is 1. The van der Waals surface area contributed by atoms with Gasteiger partial charge in [-0.05, 0) is 19.1 Å². The maximum absolute atomic E-state index is 12.2. The number of carboxylic acid groups (broad SMARTS) is 1. The molecule has 2 unspecified atom stereocenters. The lowest BCUT2D eigenvalue weighted by molar-refractivity contribution is -0.144. The largest absolute Gasteiger partial charge is 0.479 e. The van der Waals surface area contributed by atoms with Crippen LogP contribution in [0.15, 0.2) is 30.3 Å². The zero-order valence-corrected chi connectivity index (χ0v) is 10.6. The lowest BCUT2D eigenvalue weighted by atomic mass is 10.3. The average molecular weight is 272 g/mol. The van der Waals surface area contributed by atoms with Crippen LogP contribution in [0.1, 0.15) is 6.92 Å². The zero-order chi connectivity index (χ0) is 13.6. The van der Waals surface area contributed by atoms with Crippen LogP contribution in [0.2, 0.25) is 0 Å². The predicted molar refractivity (Wildman–Crippen MR) is 63.8 cm³/mol. The molecule has 0 amide bonds. The van der Waals surface area contributed by atoms with Crippen LogP contribution in [-0.4, -0.2) is 29.6 Å². The third kappa shape index (κ3) is 4.31. The van der Waals surface area contributed by atoms with Gasteiger partial charge >= 0.3 is 13.6 Å². The first-order valence-electron chi connectivity index (χ1n) is 5.15. The Morgan fingerprint density at radius 3 is 2.56 bits per heavy atom. The Labute approximate surface area is 104 Å². The first-order valence-corrected chi connectivity index (χ1v) is 6.88. The van der Waals surface area contributed by atoms with Crippen molar-refractivity contribution in [1.82, 2.24) is 0 Å². The number of hydrogen-bond donors (Lipinski definition) is 1. The molecule has 7 heteroatoms. The van der Waals surface area contributed by atoms with Gasteiger partial charge < -0.3 is 14.4 Å². The van der Waals surface area contributed by atoms with Gasteiger partial charge in [0.05, 0.1) is 0 Å². The van der Waals surface area contributed by atoms with Gasteiger partial charge in [0.25, 0.3) is 0 Å². The quantitative estimate of drug-likeness (QED) is 0.602. The van der Waals surface area contributed by atoms with Crippen molar-refractivity contribution < 1.29 is 28.3 Å². The molecule has 0 heterocycles. The Hall–Kier alpha value is -1.65. The Morgan fingerprint density at radius 1 is 1.44 bits per heavy atom. The fourth-order valence-electron chi connectivity index (χ4n) is 1.12. The van der Waals surface area contributed by atoms with E-state index in [9.17, 15) is 14.2 Å². The van der Waals surface area contributed by atoms with E-state index in [1.165, 1.54) is 19.1 Å². The molecule has 0 aliphatic heterocycles. The van der Waals surface area contributed by atoms with Crippen molar-refractivity contribution in [3.05, 3.63) is 30.3 Å². The maximum atomic E-state index is 12.2. The summed E-state index contributed by atoms with van der Waals surface area (Å²) in [5.41, 5.74) is 0. The van der Waals surface area contributed by atoms with E-state index >= 15 is 0 Å². The van der Waals surface area contributed by atoms with E-state index in [2.05, 4.69) is 0 Å². The number of rotatable bonds is 7. The van der Waals surface area contributed by atoms with E-state index < -0.39 is 25.8 Å². The Bertz CT molecular complexity index is 458. The molecule has 0 aromatic heterocycles. The standard InChI is InChI=1S/C11H13O6P/c1-9(11(13)14)16-18(15,8-7-12)17-10-5-3-2-4-6-10/h2-7,9H,8H2,1H3,(H,13,14). The van der Waals surface area contributed by atoms with Crippen molar-refractivity contribution in [2.75, 3.05) is 6.16 Å². The molecule has 1 N–H and O–H groups in total. The second-order valence-corrected chi connectivity index (χ2v) is 5.43. The van der Waals surface area contributed by atoms with Crippen LogP contribution >= 0.6 is 7.60 Å². The molecule has 1 rings (SSSR count). The molecule has 1 aromatic rings. The van der Waals surface area contributed by atoms with Gasteiger partial charge in [0, 0.05) is 0 Å².